The summed E-state index contributed by atoms with van der Waals surface area (Å²) in [6.45, 7) is 0. The Kier molecular flexibility index (Phi) is 3.33. The second-order valence-corrected chi connectivity index (χ2v) is 7.41. The van der Waals surface area contributed by atoms with Crippen LogP contribution >= 0.6 is 0 Å². The van der Waals surface area contributed by atoms with Crippen molar-refractivity contribution in [2.24, 2.45) is 4.36 Å². The molecule has 0 bridgehead atoms. The second kappa shape index (κ2) is 4.57. The van der Waals surface area contributed by atoms with E-state index in [2.05, 4.69) is 14.6 Å². The Bertz CT molecular complexity index is 438. The first-order chi connectivity index (χ1) is 7.54. The number of hydrogen-bond donors (Lipinski definition) is 1. The maximum Gasteiger partial charge on any atom is 0.0599 e. The molecule has 1 aromatic rings. The molecule has 1 fully saturated rings. The third kappa shape index (κ3) is 3.07. The van der Waals surface area contributed by atoms with Crippen molar-refractivity contribution < 1.29 is 4.21 Å². The zero-order valence-corrected chi connectivity index (χ0v) is 10.7. The van der Waals surface area contributed by atoms with Crippen molar-refractivity contribution in [1.29, 1.82) is 0 Å². The lowest BCUT2D eigenvalue weighted by atomic mass is 9.83. The molecule has 2 unspecified atom stereocenters. The molecule has 1 N–H and O–H groups in total. The van der Waals surface area contributed by atoms with Gasteiger partial charge in [0.2, 0.25) is 0 Å². The summed E-state index contributed by atoms with van der Waals surface area (Å²) in [5.41, 5.74) is 1.26. The lowest BCUT2D eigenvalue weighted by Crippen LogP contribution is -2.18. The van der Waals surface area contributed by atoms with Crippen LogP contribution in [0.5, 0.6) is 0 Å². The number of H-pyrrole nitrogens is 1. The first kappa shape index (κ1) is 11.6. The van der Waals surface area contributed by atoms with Gasteiger partial charge in [-0.25, -0.2) is 4.36 Å². The summed E-state index contributed by atoms with van der Waals surface area (Å²) in [6, 6.07) is 0.260. The summed E-state index contributed by atoms with van der Waals surface area (Å²) in [6.07, 6.45) is 11.7. The Morgan fingerprint density at radius 2 is 2.31 bits per heavy atom. The van der Waals surface area contributed by atoms with Crippen LogP contribution in [-0.4, -0.2) is 33.0 Å². The fourth-order valence-corrected chi connectivity index (χ4v) is 3.32. The number of aromatic nitrogens is 2. The molecule has 2 atom stereocenters. The van der Waals surface area contributed by atoms with E-state index in [1.807, 2.05) is 12.4 Å². The number of hydrogen-bond acceptors (Lipinski definition) is 3. The van der Waals surface area contributed by atoms with Crippen molar-refractivity contribution in [2.75, 3.05) is 12.5 Å². The van der Waals surface area contributed by atoms with Crippen LogP contribution in [0, 0.1) is 0 Å². The van der Waals surface area contributed by atoms with Crippen LogP contribution < -0.4 is 0 Å². The average molecular weight is 241 g/mol. The first-order valence-electron chi connectivity index (χ1n) is 5.69. The third-order valence-electron chi connectivity index (χ3n) is 3.04. The van der Waals surface area contributed by atoms with Crippen molar-refractivity contribution in [1.82, 2.24) is 10.2 Å². The van der Waals surface area contributed by atoms with Gasteiger partial charge in [0.1, 0.15) is 0 Å². The minimum Gasteiger partial charge on any atom is -0.285 e. The first-order valence-corrected chi connectivity index (χ1v) is 8.02. The number of rotatable bonds is 2. The van der Waals surface area contributed by atoms with E-state index in [1.54, 1.807) is 12.5 Å². The Balaban J connectivity index is 2.08. The molecule has 1 heterocycles. The number of aromatic amines is 1. The van der Waals surface area contributed by atoms with Gasteiger partial charge in [-0.05, 0) is 30.7 Å². The molecule has 1 saturated carbocycles. The van der Waals surface area contributed by atoms with Crippen LogP contribution in [0.3, 0.4) is 0 Å². The van der Waals surface area contributed by atoms with E-state index in [0.29, 0.717) is 5.92 Å². The predicted molar refractivity (Wildman–Crippen MR) is 66.0 cm³/mol. The van der Waals surface area contributed by atoms with E-state index in [-0.39, 0.29) is 6.04 Å². The van der Waals surface area contributed by atoms with Crippen molar-refractivity contribution in [3.8, 4) is 0 Å². The van der Waals surface area contributed by atoms with Gasteiger partial charge in [-0.2, -0.15) is 5.10 Å². The van der Waals surface area contributed by atoms with Gasteiger partial charge in [0.15, 0.2) is 0 Å². The summed E-state index contributed by atoms with van der Waals surface area (Å²) in [7, 11) is -1.96. The average Bonchev–Trinajstić information content (AvgIpc) is 2.68. The molecule has 16 heavy (non-hydrogen) atoms. The Morgan fingerprint density at radius 1 is 1.50 bits per heavy atom. The molecule has 0 saturated heterocycles. The molecule has 2 rings (SSSR count). The van der Waals surface area contributed by atoms with Gasteiger partial charge in [-0.15, -0.1) is 0 Å². The fraction of sp³-hybridized carbons (Fsp3) is 0.727. The summed E-state index contributed by atoms with van der Waals surface area (Å²) in [5, 5.41) is 6.84. The molecule has 0 aromatic carbocycles. The maximum absolute atomic E-state index is 11.7. The van der Waals surface area contributed by atoms with Crippen molar-refractivity contribution >= 4 is 9.73 Å². The predicted octanol–water partition coefficient (Wildman–Crippen LogP) is 2.16. The van der Waals surface area contributed by atoms with E-state index in [4.69, 9.17) is 0 Å². The van der Waals surface area contributed by atoms with Gasteiger partial charge in [-0.3, -0.25) is 9.31 Å². The van der Waals surface area contributed by atoms with Gasteiger partial charge < -0.3 is 0 Å². The van der Waals surface area contributed by atoms with Gasteiger partial charge in [0, 0.05) is 28.4 Å². The highest BCUT2D eigenvalue weighted by atomic mass is 32.2. The molecule has 1 aliphatic carbocycles. The monoisotopic (exact) mass is 241 g/mol. The molecule has 0 amide bonds. The van der Waals surface area contributed by atoms with Crippen LogP contribution in [0.4, 0.5) is 0 Å². The third-order valence-corrected chi connectivity index (χ3v) is 3.85. The van der Waals surface area contributed by atoms with Crippen LogP contribution in [0.15, 0.2) is 16.8 Å². The number of nitrogens with zero attached hydrogens (tertiary/aromatic N) is 2. The topological polar surface area (TPSA) is 58.1 Å². The Morgan fingerprint density at radius 3 is 2.94 bits per heavy atom. The highest BCUT2D eigenvalue weighted by Gasteiger charge is 2.23. The van der Waals surface area contributed by atoms with Crippen LogP contribution in [0.1, 0.15) is 37.2 Å². The summed E-state index contributed by atoms with van der Waals surface area (Å²) < 4.78 is 16.1. The van der Waals surface area contributed by atoms with Crippen LogP contribution in [-0.2, 0) is 9.73 Å². The molecular weight excluding hydrogens is 222 g/mol. The lowest BCUT2D eigenvalue weighted by molar-refractivity contribution is 0.396. The van der Waals surface area contributed by atoms with E-state index >= 15 is 0 Å². The molecule has 4 nitrogen and oxygen atoms in total. The van der Waals surface area contributed by atoms with E-state index in [9.17, 15) is 4.21 Å². The van der Waals surface area contributed by atoms with Crippen molar-refractivity contribution in [3.63, 3.8) is 0 Å². The molecule has 90 valence electrons. The molecule has 0 aliphatic heterocycles. The van der Waals surface area contributed by atoms with Gasteiger partial charge in [0.25, 0.3) is 0 Å². The maximum atomic E-state index is 11.7. The Labute approximate surface area is 97.0 Å². The normalized spacial score (nSPS) is 26.6. The minimum absolute atomic E-state index is 0.260. The molecule has 5 heteroatoms. The van der Waals surface area contributed by atoms with Gasteiger partial charge >= 0.3 is 0 Å². The smallest absolute Gasteiger partial charge is 0.0599 e. The fourth-order valence-electron chi connectivity index (χ4n) is 2.41. The van der Waals surface area contributed by atoms with Crippen molar-refractivity contribution in [3.05, 3.63) is 18.0 Å². The highest BCUT2D eigenvalue weighted by Crippen LogP contribution is 2.34. The zero-order chi connectivity index (χ0) is 11.6. The molecule has 1 aromatic heterocycles. The van der Waals surface area contributed by atoms with Gasteiger partial charge in [0.05, 0.1) is 12.2 Å². The van der Waals surface area contributed by atoms with E-state index < -0.39 is 9.73 Å². The van der Waals surface area contributed by atoms with Crippen molar-refractivity contribution in [2.45, 2.75) is 37.6 Å². The standard InChI is InChI=1S/C11H19N3OS/c1-16(2,15)14-11-5-3-4-9(6-11)10-7-12-13-8-10/h7-9,11H,3-6H2,1-2H3,(H,12,13). The quantitative estimate of drug-likeness (QED) is 0.862. The summed E-state index contributed by atoms with van der Waals surface area (Å²) >= 11 is 0. The van der Waals surface area contributed by atoms with E-state index in [0.717, 1.165) is 12.8 Å². The number of nitrogens with one attached hydrogen (secondary N) is 1. The molecule has 1 aliphatic rings. The largest absolute Gasteiger partial charge is 0.285 e. The highest BCUT2D eigenvalue weighted by molar-refractivity contribution is 7.92. The van der Waals surface area contributed by atoms with Crippen LogP contribution in [0.2, 0.25) is 0 Å². The zero-order valence-electron chi connectivity index (χ0n) is 9.85. The van der Waals surface area contributed by atoms with E-state index in [1.165, 1.54) is 18.4 Å². The SMILES string of the molecule is CS(C)(=O)=NC1CCCC(c2cn[nH]c2)C1. The molecule has 0 radical (unpaired) electrons. The Hall–Kier alpha value is -0.840. The van der Waals surface area contributed by atoms with Gasteiger partial charge in [-0.1, -0.05) is 6.42 Å². The summed E-state index contributed by atoms with van der Waals surface area (Å²) in [4.78, 5) is 0. The summed E-state index contributed by atoms with van der Waals surface area (Å²) in [5.74, 6) is 0.531. The molecular formula is C11H19N3OS. The van der Waals surface area contributed by atoms with Crippen LogP contribution in [0.25, 0.3) is 0 Å². The molecule has 0 spiro atoms. The minimum atomic E-state index is -1.96. The second-order valence-electron chi connectivity index (χ2n) is 4.84. The lowest BCUT2D eigenvalue weighted by Gasteiger charge is -2.26.